The molecule has 3 heteroatoms. The van der Waals surface area contributed by atoms with Gasteiger partial charge in [-0.3, -0.25) is 0 Å². The number of aryl methyl sites for hydroxylation is 1. The van der Waals surface area contributed by atoms with Crippen LogP contribution in [0.1, 0.15) is 11.1 Å². The summed E-state index contributed by atoms with van der Waals surface area (Å²) in [4.78, 5) is 0. The molecule has 1 aromatic carbocycles. The van der Waals surface area contributed by atoms with E-state index in [0.29, 0.717) is 5.88 Å². The molecule has 0 bridgehead atoms. The maximum atomic E-state index is 5.89. The Morgan fingerprint density at radius 3 is 2.55 bits per heavy atom. The zero-order chi connectivity index (χ0) is 8.43. The molecule has 1 rings (SSSR count). The lowest BCUT2D eigenvalue weighted by Crippen LogP contribution is -1.85. The molecule has 0 amide bonds. The second-order valence-corrected chi connectivity index (χ2v) is 3.76. The average Bonchev–Trinajstić information content (AvgIpc) is 1.99. The molecule has 0 heterocycles. The zero-order valence-electron chi connectivity index (χ0n) is 6.00. The number of rotatable bonds is 1. The highest BCUT2D eigenvalue weighted by atomic mass is 79.9. The molecule has 0 unspecified atom stereocenters. The van der Waals surface area contributed by atoms with Crippen LogP contribution in [-0.4, -0.2) is 0 Å². The van der Waals surface area contributed by atoms with Crippen LogP contribution in [0.3, 0.4) is 0 Å². The molecule has 0 saturated carbocycles. The van der Waals surface area contributed by atoms with Gasteiger partial charge < -0.3 is 0 Å². The summed E-state index contributed by atoms with van der Waals surface area (Å²) in [5.41, 5.74) is 2.12. The van der Waals surface area contributed by atoms with Gasteiger partial charge in [-0.2, -0.15) is 0 Å². The molecule has 0 aromatic heterocycles. The van der Waals surface area contributed by atoms with E-state index in [-0.39, 0.29) is 0 Å². The summed E-state index contributed by atoms with van der Waals surface area (Å²) in [5.74, 6) is 0.446. The van der Waals surface area contributed by atoms with Crippen LogP contribution in [0.15, 0.2) is 16.6 Å². The molecule has 0 radical (unpaired) electrons. The van der Waals surface area contributed by atoms with E-state index < -0.39 is 0 Å². The van der Waals surface area contributed by atoms with Crippen molar-refractivity contribution in [2.45, 2.75) is 12.8 Å². The lowest BCUT2D eigenvalue weighted by atomic mass is 10.2. The van der Waals surface area contributed by atoms with Gasteiger partial charge in [0.1, 0.15) is 0 Å². The van der Waals surface area contributed by atoms with Crippen molar-refractivity contribution in [1.29, 1.82) is 0 Å². The highest BCUT2D eigenvalue weighted by Gasteiger charge is 2.05. The first-order valence-electron chi connectivity index (χ1n) is 3.16. The van der Waals surface area contributed by atoms with Crippen molar-refractivity contribution in [3.8, 4) is 0 Å². The van der Waals surface area contributed by atoms with Crippen molar-refractivity contribution in [2.75, 3.05) is 0 Å². The van der Waals surface area contributed by atoms with Gasteiger partial charge in [0.05, 0.1) is 0 Å². The Balaban J connectivity index is 3.29. The second-order valence-electron chi connectivity index (χ2n) is 2.29. The molecular formula is C8H7BrCl2. The van der Waals surface area contributed by atoms with Crippen LogP contribution in [0.5, 0.6) is 0 Å². The van der Waals surface area contributed by atoms with Gasteiger partial charge in [-0.25, -0.2) is 0 Å². The highest BCUT2D eigenvalue weighted by Crippen LogP contribution is 2.29. The van der Waals surface area contributed by atoms with E-state index in [1.165, 1.54) is 0 Å². The van der Waals surface area contributed by atoms with Crippen molar-refractivity contribution >= 4 is 39.1 Å². The topological polar surface area (TPSA) is 0 Å². The Morgan fingerprint density at radius 1 is 1.45 bits per heavy atom. The average molecular weight is 254 g/mol. The molecule has 0 atom stereocenters. The molecule has 0 fully saturated rings. The molecule has 0 nitrogen and oxygen atoms in total. The fourth-order valence-electron chi connectivity index (χ4n) is 0.837. The Bertz CT molecular complexity index is 271. The van der Waals surface area contributed by atoms with Crippen molar-refractivity contribution in [3.05, 3.63) is 32.8 Å². The third-order valence-electron chi connectivity index (χ3n) is 1.51. The molecule has 0 spiro atoms. The van der Waals surface area contributed by atoms with Crippen molar-refractivity contribution < 1.29 is 0 Å². The van der Waals surface area contributed by atoms with Crippen LogP contribution >= 0.6 is 39.1 Å². The summed E-state index contributed by atoms with van der Waals surface area (Å²) >= 11 is 15.0. The SMILES string of the molecule is Cc1ccc(Cl)c(CCl)c1Br. The van der Waals surface area contributed by atoms with Crippen molar-refractivity contribution in [3.63, 3.8) is 0 Å². The van der Waals surface area contributed by atoms with E-state index in [4.69, 9.17) is 23.2 Å². The normalized spacial score (nSPS) is 10.2. The molecule has 11 heavy (non-hydrogen) atoms. The van der Waals surface area contributed by atoms with Gasteiger partial charge in [-0.1, -0.05) is 33.6 Å². The fraction of sp³-hybridized carbons (Fsp3) is 0.250. The summed E-state index contributed by atoms with van der Waals surface area (Å²) in [5, 5.41) is 0.720. The van der Waals surface area contributed by atoms with Crippen LogP contribution in [0.4, 0.5) is 0 Å². The summed E-state index contributed by atoms with van der Waals surface area (Å²) in [6, 6.07) is 3.82. The van der Waals surface area contributed by atoms with Gasteiger partial charge >= 0.3 is 0 Å². The first-order valence-corrected chi connectivity index (χ1v) is 4.86. The van der Waals surface area contributed by atoms with Gasteiger partial charge in [0.15, 0.2) is 0 Å². The third kappa shape index (κ3) is 1.90. The van der Waals surface area contributed by atoms with Crippen LogP contribution in [0.25, 0.3) is 0 Å². The minimum atomic E-state index is 0.446. The van der Waals surface area contributed by atoms with Crippen molar-refractivity contribution in [2.24, 2.45) is 0 Å². The van der Waals surface area contributed by atoms with E-state index >= 15 is 0 Å². The highest BCUT2D eigenvalue weighted by molar-refractivity contribution is 9.10. The molecular weight excluding hydrogens is 247 g/mol. The number of halogens is 3. The third-order valence-corrected chi connectivity index (χ3v) is 3.24. The number of benzene rings is 1. The first kappa shape index (κ1) is 9.37. The van der Waals surface area contributed by atoms with Crippen LogP contribution in [-0.2, 0) is 5.88 Å². The Labute approximate surface area is 84.6 Å². The maximum absolute atomic E-state index is 5.89. The molecule has 0 aliphatic carbocycles. The minimum absolute atomic E-state index is 0.446. The fourth-order valence-corrected chi connectivity index (χ4v) is 2.17. The monoisotopic (exact) mass is 252 g/mol. The molecule has 0 aliphatic heterocycles. The second kappa shape index (κ2) is 3.79. The minimum Gasteiger partial charge on any atom is -0.121 e. The summed E-state index contributed by atoms with van der Waals surface area (Å²) in [6.07, 6.45) is 0. The van der Waals surface area contributed by atoms with E-state index in [1.54, 1.807) is 0 Å². The lowest BCUT2D eigenvalue weighted by Gasteiger charge is -2.05. The summed E-state index contributed by atoms with van der Waals surface area (Å²) in [7, 11) is 0. The Morgan fingerprint density at radius 2 is 2.09 bits per heavy atom. The molecule has 1 aromatic rings. The zero-order valence-corrected chi connectivity index (χ0v) is 9.09. The van der Waals surface area contributed by atoms with Gasteiger partial charge in [-0.05, 0) is 24.1 Å². The summed E-state index contributed by atoms with van der Waals surface area (Å²) in [6.45, 7) is 2.01. The van der Waals surface area contributed by atoms with E-state index in [0.717, 1.165) is 20.6 Å². The van der Waals surface area contributed by atoms with Crippen molar-refractivity contribution in [1.82, 2.24) is 0 Å². The standard InChI is InChI=1S/C8H7BrCl2/c1-5-2-3-7(11)6(4-10)8(5)9/h2-3H,4H2,1H3. The van der Waals surface area contributed by atoms with Gasteiger partial charge in [0.25, 0.3) is 0 Å². The largest absolute Gasteiger partial charge is 0.121 e. The molecule has 0 saturated heterocycles. The van der Waals surface area contributed by atoms with Crippen LogP contribution < -0.4 is 0 Å². The molecule has 0 N–H and O–H groups in total. The smallest absolute Gasteiger partial charge is 0.0500 e. The first-order chi connectivity index (χ1) is 5.16. The number of hydrogen-bond donors (Lipinski definition) is 0. The Kier molecular flexibility index (Phi) is 3.23. The van der Waals surface area contributed by atoms with E-state index in [2.05, 4.69) is 15.9 Å². The van der Waals surface area contributed by atoms with Gasteiger partial charge in [0.2, 0.25) is 0 Å². The van der Waals surface area contributed by atoms with Gasteiger partial charge in [-0.15, -0.1) is 11.6 Å². The maximum Gasteiger partial charge on any atom is 0.0500 e. The van der Waals surface area contributed by atoms with Crippen LogP contribution in [0.2, 0.25) is 5.02 Å². The van der Waals surface area contributed by atoms with E-state index in [1.807, 2.05) is 19.1 Å². The van der Waals surface area contributed by atoms with E-state index in [9.17, 15) is 0 Å². The molecule has 0 aliphatic rings. The van der Waals surface area contributed by atoms with Crippen LogP contribution in [0, 0.1) is 6.92 Å². The predicted octanol–water partition coefficient (Wildman–Crippen LogP) is 4.15. The number of alkyl halides is 1. The number of hydrogen-bond acceptors (Lipinski definition) is 0. The summed E-state index contributed by atoms with van der Waals surface area (Å²) < 4.78 is 1.01. The predicted molar refractivity (Wildman–Crippen MR) is 53.4 cm³/mol. The van der Waals surface area contributed by atoms with Gasteiger partial charge in [0, 0.05) is 15.4 Å². The molecule has 60 valence electrons. The quantitative estimate of drug-likeness (QED) is 0.660. The lowest BCUT2D eigenvalue weighted by molar-refractivity contribution is 1.31. The Hall–Kier alpha value is 0.280.